The monoisotopic (exact) mass is 352 g/mol. The fraction of sp³-hybridized carbons (Fsp3) is 0.100. The van der Waals surface area contributed by atoms with E-state index in [1.807, 2.05) is 0 Å². The first-order valence-electron chi connectivity index (χ1n) is 7.84. The zero-order chi connectivity index (χ0) is 18.9. The molecule has 6 heteroatoms. The van der Waals surface area contributed by atoms with Gasteiger partial charge < -0.3 is 20.4 Å². The number of allylic oxidation sites excluding steroid dienone is 3. The minimum atomic E-state index is -1.36. The molecule has 0 aliphatic heterocycles. The van der Waals surface area contributed by atoms with E-state index in [4.69, 9.17) is 5.11 Å². The van der Waals surface area contributed by atoms with Crippen LogP contribution in [0.5, 0.6) is 11.5 Å². The Balaban J connectivity index is 2.00. The van der Waals surface area contributed by atoms with Crippen molar-refractivity contribution in [1.82, 2.24) is 0 Å². The molecule has 1 aliphatic rings. The van der Waals surface area contributed by atoms with Crippen molar-refractivity contribution in [2.75, 3.05) is 0 Å². The van der Waals surface area contributed by atoms with Gasteiger partial charge in [0, 0.05) is 5.56 Å². The third-order valence-electron chi connectivity index (χ3n) is 4.55. The van der Waals surface area contributed by atoms with Gasteiger partial charge in [0.15, 0.2) is 11.5 Å². The number of carboxylic acids is 2. The lowest BCUT2D eigenvalue weighted by molar-refractivity contribution is -0.141. The van der Waals surface area contributed by atoms with Gasteiger partial charge in [-0.1, -0.05) is 48.6 Å². The maximum Gasteiger partial charge on any atom is 0.339 e. The van der Waals surface area contributed by atoms with Gasteiger partial charge in [0.25, 0.3) is 0 Å². The van der Waals surface area contributed by atoms with Gasteiger partial charge in [-0.2, -0.15) is 0 Å². The minimum Gasteiger partial charge on any atom is -0.504 e. The predicted octanol–water partition coefficient (Wildman–Crippen LogP) is 3.16. The average molecular weight is 352 g/mol. The summed E-state index contributed by atoms with van der Waals surface area (Å²) in [5.41, 5.74) is -0.259. The van der Waals surface area contributed by atoms with Crippen LogP contribution in [-0.4, -0.2) is 32.4 Å². The molecule has 0 amide bonds. The zero-order valence-electron chi connectivity index (χ0n) is 13.6. The van der Waals surface area contributed by atoms with Gasteiger partial charge in [-0.25, -0.2) is 4.79 Å². The van der Waals surface area contributed by atoms with Crippen LogP contribution in [-0.2, 0) is 10.2 Å². The van der Waals surface area contributed by atoms with Gasteiger partial charge in [-0.3, -0.25) is 4.79 Å². The van der Waals surface area contributed by atoms with Crippen LogP contribution >= 0.6 is 0 Å². The van der Waals surface area contributed by atoms with Gasteiger partial charge in [0.05, 0.1) is 0 Å². The second-order valence-corrected chi connectivity index (χ2v) is 6.00. The summed E-state index contributed by atoms with van der Waals surface area (Å²) in [6.45, 7) is 0. The van der Waals surface area contributed by atoms with Crippen molar-refractivity contribution in [3.63, 3.8) is 0 Å². The maximum atomic E-state index is 11.9. The Hall–Kier alpha value is -3.54. The van der Waals surface area contributed by atoms with Crippen LogP contribution in [0.3, 0.4) is 0 Å². The second kappa shape index (κ2) is 6.40. The van der Waals surface area contributed by atoms with Crippen molar-refractivity contribution in [1.29, 1.82) is 0 Å². The Kier molecular flexibility index (Phi) is 4.26. The summed E-state index contributed by atoms with van der Waals surface area (Å²) in [5, 5.41) is 38.7. The van der Waals surface area contributed by atoms with Gasteiger partial charge in [-0.15, -0.1) is 0 Å². The molecule has 6 nitrogen and oxygen atoms in total. The first kappa shape index (κ1) is 17.3. The number of hydrogen-bond donors (Lipinski definition) is 4. The van der Waals surface area contributed by atoms with Crippen LogP contribution in [0.25, 0.3) is 5.57 Å². The predicted molar refractivity (Wildman–Crippen MR) is 94.2 cm³/mol. The van der Waals surface area contributed by atoms with Gasteiger partial charge >= 0.3 is 11.9 Å². The van der Waals surface area contributed by atoms with E-state index in [0.29, 0.717) is 11.1 Å². The first-order valence-corrected chi connectivity index (χ1v) is 7.84. The molecule has 1 unspecified atom stereocenters. The highest BCUT2D eigenvalue weighted by atomic mass is 16.4. The summed E-state index contributed by atoms with van der Waals surface area (Å²) in [4.78, 5) is 22.9. The Morgan fingerprint density at radius 2 is 1.62 bits per heavy atom. The largest absolute Gasteiger partial charge is 0.504 e. The summed E-state index contributed by atoms with van der Waals surface area (Å²) in [5.74, 6) is -3.62. The topological polar surface area (TPSA) is 115 Å². The molecule has 0 bridgehead atoms. The Morgan fingerprint density at radius 3 is 2.15 bits per heavy atom. The van der Waals surface area contributed by atoms with Crippen molar-refractivity contribution in [3.8, 4) is 11.5 Å². The zero-order valence-corrected chi connectivity index (χ0v) is 13.6. The highest BCUT2D eigenvalue weighted by Gasteiger charge is 2.38. The summed E-state index contributed by atoms with van der Waals surface area (Å²) in [6, 6.07) is 11.4. The number of aromatic hydroxyl groups is 2. The molecule has 26 heavy (non-hydrogen) atoms. The number of aliphatic carboxylic acids is 1. The molecule has 0 saturated carbocycles. The quantitative estimate of drug-likeness (QED) is 0.628. The summed E-state index contributed by atoms with van der Waals surface area (Å²) < 4.78 is 0. The van der Waals surface area contributed by atoms with Crippen molar-refractivity contribution in [3.05, 3.63) is 77.4 Å². The van der Waals surface area contributed by atoms with E-state index in [0.717, 1.165) is 0 Å². The smallest absolute Gasteiger partial charge is 0.339 e. The number of aromatic carboxylic acids is 1. The minimum absolute atomic E-state index is 0.152. The highest BCUT2D eigenvalue weighted by molar-refractivity contribution is 5.95. The molecule has 132 valence electrons. The van der Waals surface area contributed by atoms with E-state index in [1.54, 1.807) is 48.6 Å². The molecule has 0 spiro atoms. The number of phenolic OH excluding ortho intramolecular Hbond substituents is 1. The summed E-state index contributed by atoms with van der Waals surface area (Å²) in [7, 11) is 0. The molecule has 0 fully saturated rings. The second-order valence-electron chi connectivity index (χ2n) is 6.00. The lowest BCUT2D eigenvalue weighted by Crippen LogP contribution is -2.34. The summed E-state index contributed by atoms with van der Waals surface area (Å²) in [6.07, 6.45) is 4.90. The van der Waals surface area contributed by atoms with E-state index in [2.05, 4.69) is 0 Å². The average Bonchev–Trinajstić information content (AvgIpc) is 2.64. The van der Waals surface area contributed by atoms with Crippen LogP contribution in [0.15, 0.2) is 60.7 Å². The van der Waals surface area contributed by atoms with Gasteiger partial charge in [0.1, 0.15) is 11.0 Å². The number of benzene rings is 2. The van der Waals surface area contributed by atoms with E-state index in [1.165, 1.54) is 12.1 Å². The number of hydrogen-bond acceptors (Lipinski definition) is 4. The van der Waals surface area contributed by atoms with Crippen molar-refractivity contribution >= 4 is 17.5 Å². The van der Waals surface area contributed by atoms with Crippen LogP contribution in [0.4, 0.5) is 0 Å². The molecule has 0 saturated heterocycles. The molecular formula is C20H16O6. The van der Waals surface area contributed by atoms with Crippen molar-refractivity contribution in [2.45, 2.75) is 11.8 Å². The fourth-order valence-electron chi connectivity index (χ4n) is 3.06. The third-order valence-corrected chi connectivity index (χ3v) is 4.55. The highest BCUT2D eigenvalue weighted by Crippen LogP contribution is 2.41. The first-order chi connectivity index (χ1) is 12.4. The van der Waals surface area contributed by atoms with Crippen LogP contribution < -0.4 is 0 Å². The van der Waals surface area contributed by atoms with Crippen LogP contribution in [0.1, 0.15) is 27.9 Å². The lowest BCUT2D eigenvalue weighted by atomic mass is 9.74. The van der Waals surface area contributed by atoms with E-state index >= 15 is 0 Å². The fourth-order valence-corrected chi connectivity index (χ4v) is 3.06. The maximum absolute atomic E-state index is 11.9. The van der Waals surface area contributed by atoms with Crippen LogP contribution in [0.2, 0.25) is 0 Å². The normalized spacial score (nSPS) is 19.0. The lowest BCUT2D eigenvalue weighted by Gasteiger charge is -2.28. The molecule has 1 aliphatic carbocycles. The van der Waals surface area contributed by atoms with E-state index in [-0.39, 0.29) is 12.0 Å². The molecule has 0 radical (unpaired) electrons. The Morgan fingerprint density at radius 1 is 0.923 bits per heavy atom. The van der Waals surface area contributed by atoms with E-state index < -0.39 is 34.4 Å². The van der Waals surface area contributed by atoms with Crippen molar-refractivity contribution < 1.29 is 30.0 Å². The molecule has 3 rings (SSSR count). The Bertz CT molecular complexity index is 942. The van der Waals surface area contributed by atoms with Gasteiger partial charge in [-0.05, 0) is 29.7 Å². The Labute approximate surface area is 149 Å². The third kappa shape index (κ3) is 2.71. The van der Waals surface area contributed by atoms with Crippen molar-refractivity contribution in [2.24, 2.45) is 0 Å². The summed E-state index contributed by atoms with van der Waals surface area (Å²) >= 11 is 0. The van der Waals surface area contributed by atoms with Crippen LogP contribution in [0, 0.1) is 0 Å². The molecule has 4 N–H and O–H groups in total. The SMILES string of the molecule is O=C(O)c1ccc(C2=CCC(C(=O)O)(c3ccccc3)C=C2)c(O)c1O. The standard InChI is InChI=1S/C20H16O6/c21-16-14(6-7-15(17(16)22)18(23)24)12-8-10-20(11-9-12,19(25)26)13-4-2-1-3-5-13/h1-10,21-22H,11H2,(H,23,24)(H,25,26). The number of rotatable bonds is 4. The number of carbonyl (C=O) groups is 2. The van der Waals surface area contributed by atoms with Gasteiger partial charge in [0.2, 0.25) is 0 Å². The van der Waals surface area contributed by atoms with E-state index in [9.17, 15) is 24.9 Å². The molecule has 0 aromatic heterocycles. The molecule has 0 heterocycles. The molecular weight excluding hydrogens is 336 g/mol. The molecule has 2 aromatic rings. The number of carboxylic acid groups (broad SMARTS) is 2. The number of phenols is 2. The molecule has 2 aromatic carbocycles. The molecule has 1 atom stereocenters.